The molecule has 1 aliphatic carbocycles. The SMILES string of the molecule is CC1=CC(=O)CC(C)(C)C1c1cc(C)cc(O)c1. The first-order valence-electron chi connectivity index (χ1n) is 6.31. The number of aromatic hydroxyl groups is 1. The normalized spacial score (nSPS) is 22.8. The molecule has 1 N–H and O–H groups in total. The molecule has 1 aromatic carbocycles. The Labute approximate surface area is 108 Å². The van der Waals surface area contributed by atoms with Crippen LogP contribution in [0.4, 0.5) is 0 Å². The molecule has 1 atom stereocenters. The van der Waals surface area contributed by atoms with Gasteiger partial charge in [0.05, 0.1) is 0 Å². The second kappa shape index (κ2) is 4.27. The lowest BCUT2D eigenvalue weighted by molar-refractivity contribution is -0.117. The molecule has 0 radical (unpaired) electrons. The minimum absolute atomic E-state index is 0.101. The van der Waals surface area contributed by atoms with E-state index in [1.54, 1.807) is 12.1 Å². The number of hydrogen-bond acceptors (Lipinski definition) is 2. The fourth-order valence-electron chi connectivity index (χ4n) is 3.23. The highest BCUT2D eigenvalue weighted by molar-refractivity contribution is 5.92. The van der Waals surface area contributed by atoms with Crippen LogP contribution in [0.15, 0.2) is 29.8 Å². The third kappa shape index (κ3) is 2.33. The van der Waals surface area contributed by atoms with Crippen LogP contribution in [0, 0.1) is 12.3 Å². The maximum Gasteiger partial charge on any atom is 0.156 e. The number of carbonyl (C=O) groups is 1. The third-order valence-corrected chi connectivity index (χ3v) is 3.67. The molecule has 96 valence electrons. The van der Waals surface area contributed by atoms with Gasteiger partial charge >= 0.3 is 0 Å². The fraction of sp³-hybridized carbons (Fsp3) is 0.438. The zero-order valence-electron chi connectivity index (χ0n) is 11.4. The van der Waals surface area contributed by atoms with Gasteiger partial charge in [0, 0.05) is 12.3 Å². The molecule has 0 saturated heterocycles. The first-order chi connectivity index (χ1) is 8.29. The number of carbonyl (C=O) groups excluding carboxylic acids is 1. The van der Waals surface area contributed by atoms with Crippen LogP contribution in [-0.4, -0.2) is 10.9 Å². The summed E-state index contributed by atoms with van der Waals surface area (Å²) < 4.78 is 0. The molecule has 0 fully saturated rings. The van der Waals surface area contributed by atoms with Crippen molar-refractivity contribution in [1.29, 1.82) is 0 Å². The largest absolute Gasteiger partial charge is 0.508 e. The molecule has 0 saturated carbocycles. The Hall–Kier alpha value is -1.57. The van der Waals surface area contributed by atoms with Gasteiger partial charge in [0.25, 0.3) is 0 Å². The number of rotatable bonds is 1. The number of phenolic OH excluding ortho intramolecular Hbond substituents is 1. The lowest BCUT2D eigenvalue weighted by atomic mass is 9.65. The van der Waals surface area contributed by atoms with Gasteiger partial charge in [-0.15, -0.1) is 0 Å². The number of hydrogen-bond donors (Lipinski definition) is 1. The van der Waals surface area contributed by atoms with Crippen LogP contribution in [0.5, 0.6) is 5.75 Å². The van der Waals surface area contributed by atoms with E-state index in [1.807, 2.05) is 19.9 Å². The highest BCUT2D eigenvalue weighted by Crippen LogP contribution is 2.46. The summed E-state index contributed by atoms with van der Waals surface area (Å²) >= 11 is 0. The van der Waals surface area contributed by atoms with E-state index >= 15 is 0 Å². The van der Waals surface area contributed by atoms with Gasteiger partial charge in [0.1, 0.15) is 5.75 Å². The highest BCUT2D eigenvalue weighted by atomic mass is 16.3. The third-order valence-electron chi connectivity index (χ3n) is 3.67. The van der Waals surface area contributed by atoms with Crippen LogP contribution in [0.3, 0.4) is 0 Å². The molecule has 2 heteroatoms. The molecule has 0 spiro atoms. The Morgan fingerprint density at radius 2 is 1.89 bits per heavy atom. The molecule has 2 rings (SSSR count). The van der Waals surface area contributed by atoms with Gasteiger partial charge in [-0.25, -0.2) is 0 Å². The van der Waals surface area contributed by atoms with Crippen molar-refractivity contribution in [3.05, 3.63) is 41.0 Å². The second-order valence-corrected chi connectivity index (χ2v) is 6.05. The van der Waals surface area contributed by atoms with Crippen molar-refractivity contribution in [3.63, 3.8) is 0 Å². The summed E-state index contributed by atoms with van der Waals surface area (Å²) in [5.41, 5.74) is 3.13. The maximum atomic E-state index is 11.7. The van der Waals surface area contributed by atoms with Crippen LogP contribution >= 0.6 is 0 Å². The molecule has 0 aromatic heterocycles. The number of phenols is 1. The minimum Gasteiger partial charge on any atom is -0.508 e. The highest BCUT2D eigenvalue weighted by Gasteiger charge is 2.37. The van der Waals surface area contributed by atoms with Gasteiger partial charge in [-0.1, -0.05) is 25.5 Å². The predicted molar refractivity (Wildman–Crippen MR) is 72.7 cm³/mol. The Balaban J connectivity index is 2.54. The molecule has 2 nitrogen and oxygen atoms in total. The average molecular weight is 244 g/mol. The summed E-state index contributed by atoms with van der Waals surface area (Å²) in [7, 11) is 0. The van der Waals surface area contributed by atoms with E-state index in [0.29, 0.717) is 12.2 Å². The van der Waals surface area contributed by atoms with Crippen molar-refractivity contribution in [2.24, 2.45) is 5.41 Å². The van der Waals surface area contributed by atoms with Crippen LogP contribution in [0.1, 0.15) is 44.2 Å². The standard InChI is InChI=1S/C16H20O2/c1-10-5-12(8-13(17)6-10)15-11(2)7-14(18)9-16(15,3)4/h5-8,15,17H,9H2,1-4H3. The average Bonchev–Trinajstić information content (AvgIpc) is 2.11. The Bertz CT molecular complexity index is 504. The van der Waals surface area contributed by atoms with Crippen LogP contribution in [-0.2, 0) is 4.79 Å². The predicted octanol–water partition coefficient (Wildman–Crippen LogP) is 3.73. The molecule has 0 amide bonds. The van der Waals surface area contributed by atoms with Crippen LogP contribution in [0.2, 0.25) is 0 Å². The Morgan fingerprint density at radius 1 is 1.22 bits per heavy atom. The van der Waals surface area contributed by atoms with Gasteiger partial charge in [0.2, 0.25) is 0 Å². The monoisotopic (exact) mass is 244 g/mol. The summed E-state index contributed by atoms with van der Waals surface area (Å²) in [4.78, 5) is 11.7. The number of allylic oxidation sites excluding steroid dienone is 2. The second-order valence-electron chi connectivity index (χ2n) is 6.05. The van der Waals surface area contributed by atoms with Crippen molar-refractivity contribution >= 4 is 5.78 Å². The summed E-state index contributed by atoms with van der Waals surface area (Å²) in [6.45, 7) is 8.21. The van der Waals surface area contributed by atoms with Crippen molar-refractivity contribution in [2.45, 2.75) is 40.0 Å². The molecule has 0 heterocycles. The lowest BCUT2D eigenvalue weighted by Crippen LogP contribution is -2.30. The lowest BCUT2D eigenvalue weighted by Gasteiger charge is -2.38. The van der Waals surface area contributed by atoms with E-state index < -0.39 is 0 Å². The smallest absolute Gasteiger partial charge is 0.156 e. The Kier molecular flexibility index (Phi) is 3.05. The van der Waals surface area contributed by atoms with Gasteiger partial charge < -0.3 is 5.11 Å². The van der Waals surface area contributed by atoms with E-state index in [0.717, 1.165) is 16.7 Å². The number of ketones is 1. The molecule has 1 unspecified atom stereocenters. The quantitative estimate of drug-likeness (QED) is 0.817. The topological polar surface area (TPSA) is 37.3 Å². The van der Waals surface area contributed by atoms with E-state index in [1.165, 1.54) is 0 Å². The molecular formula is C16H20O2. The van der Waals surface area contributed by atoms with Crippen molar-refractivity contribution < 1.29 is 9.90 Å². The fourth-order valence-corrected chi connectivity index (χ4v) is 3.23. The van der Waals surface area contributed by atoms with Gasteiger partial charge in [0.15, 0.2) is 5.78 Å². The molecule has 0 bridgehead atoms. The minimum atomic E-state index is -0.101. The van der Waals surface area contributed by atoms with Crippen molar-refractivity contribution in [1.82, 2.24) is 0 Å². The number of aryl methyl sites for hydroxylation is 1. The molecule has 18 heavy (non-hydrogen) atoms. The molecule has 0 aliphatic heterocycles. The molecular weight excluding hydrogens is 224 g/mol. The van der Waals surface area contributed by atoms with Gasteiger partial charge in [-0.05, 0) is 48.6 Å². The molecule has 1 aliphatic rings. The van der Waals surface area contributed by atoms with Crippen molar-refractivity contribution in [2.75, 3.05) is 0 Å². The summed E-state index contributed by atoms with van der Waals surface area (Å²) in [5, 5.41) is 9.75. The zero-order chi connectivity index (χ0) is 13.5. The number of benzene rings is 1. The van der Waals surface area contributed by atoms with Crippen LogP contribution in [0.25, 0.3) is 0 Å². The van der Waals surface area contributed by atoms with E-state index in [4.69, 9.17) is 0 Å². The van der Waals surface area contributed by atoms with Crippen LogP contribution < -0.4 is 0 Å². The van der Waals surface area contributed by atoms with Crippen molar-refractivity contribution in [3.8, 4) is 5.75 Å². The molecule has 1 aromatic rings. The maximum absolute atomic E-state index is 11.7. The van der Waals surface area contributed by atoms with Gasteiger partial charge in [-0.2, -0.15) is 0 Å². The Morgan fingerprint density at radius 3 is 2.44 bits per heavy atom. The van der Waals surface area contributed by atoms with E-state index in [-0.39, 0.29) is 17.1 Å². The first-order valence-corrected chi connectivity index (χ1v) is 6.31. The summed E-state index contributed by atoms with van der Waals surface area (Å²) in [5.74, 6) is 0.692. The summed E-state index contributed by atoms with van der Waals surface area (Å²) in [6, 6.07) is 5.66. The zero-order valence-corrected chi connectivity index (χ0v) is 11.4. The summed E-state index contributed by atoms with van der Waals surface area (Å²) in [6.07, 6.45) is 2.30. The van der Waals surface area contributed by atoms with E-state index in [9.17, 15) is 9.90 Å². The van der Waals surface area contributed by atoms with Gasteiger partial charge in [-0.3, -0.25) is 4.79 Å². The van der Waals surface area contributed by atoms with E-state index in [2.05, 4.69) is 19.9 Å². The first kappa shape index (κ1) is 12.9.